The fraction of sp³-hybridized carbons (Fsp3) is 0.857. The summed E-state index contributed by atoms with van der Waals surface area (Å²) in [6.07, 6.45) is -41.0. The number of halogens is 23. The molecule has 0 N–H and O–H groups in total. The number of allylic oxidation sites excluding steroid dienone is 1. The Kier molecular flexibility index (Phi) is 8.92. The zero-order valence-electron chi connectivity index (χ0n) is 16.1. The van der Waals surface area contributed by atoms with Gasteiger partial charge in [-0.3, -0.25) is 0 Å². The third kappa shape index (κ3) is 4.75. The highest BCUT2D eigenvalue weighted by atomic mass is 19.4. The molecule has 0 aromatic heterocycles. The fourth-order valence-corrected chi connectivity index (χ4v) is 2.41. The molecule has 0 aromatic rings. The van der Waals surface area contributed by atoms with Crippen molar-refractivity contribution in [1.82, 2.24) is 0 Å². The second-order valence-electron chi connectivity index (χ2n) is 6.80. The van der Waals surface area contributed by atoms with Crippen molar-refractivity contribution in [2.75, 3.05) is 0 Å². The Labute approximate surface area is 187 Å². The van der Waals surface area contributed by atoms with Gasteiger partial charge in [-0.2, -0.15) is 70.2 Å². The summed E-state index contributed by atoms with van der Waals surface area (Å²) >= 11 is 0. The Morgan fingerprint density at radius 2 is 0.811 bits per heavy atom. The van der Waals surface area contributed by atoms with Crippen molar-refractivity contribution in [2.24, 2.45) is 0 Å². The summed E-state index contributed by atoms with van der Waals surface area (Å²) in [5.41, 5.74) is -17.6. The van der Waals surface area contributed by atoms with E-state index >= 15 is 0 Å². The van der Waals surface area contributed by atoms with Crippen LogP contribution >= 0.6 is 0 Å². The smallest absolute Gasteiger partial charge is 0.234 e. The van der Waals surface area contributed by atoms with Crippen LogP contribution in [-0.2, 0) is 0 Å². The van der Waals surface area contributed by atoms with Crippen LogP contribution in [0, 0.1) is 0 Å². The lowest BCUT2D eigenvalue weighted by atomic mass is 9.76. The van der Waals surface area contributed by atoms with E-state index in [1.807, 2.05) is 0 Å². The Morgan fingerprint density at radius 1 is 0.486 bits per heavy atom. The standard InChI is InChI=1S/C14H5F23/c15-2-1-6(20,21)9(25,26)3(16)7(22,23)4(17)10(27,28)8(24,5(18)19)12(30,31)11(29,13(32,33)34)14(35,36)37/h1-5H. The molecule has 0 fully saturated rings. The molecule has 0 aliphatic carbocycles. The zero-order valence-corrected chi connectivity index (χ0v) is 16.1. The molecule has 0 aliphatic rings. The van der Waals surface area contributed by atoms with Crippen LogP contribution in [0.3, 0.4) is 0 Å². The molecular weight excluding hydrogens is 605 g/mol. The van der Waals surface area contributed by atoms with Crippen molar-refractivity contribution >= 4 is 0 Å². The molecule has 0 aromatic carbocycles. The first-order valence-electron chi connectivity index (χ1n) is 8.06. The van der Waals surface area contributed by atoms with E-state index in [0.29, 0.717) is 0 Å². The van der Waals surface area contributed by atoms with Gasteiger partial charge >= 0.3 is 53.3 Å². The van der Waals surface area contributed by atoms with Crippen LogP contribution in [0.25, 0.3) is 0 Å². The molecule has 0 aliphatic heterocycles. The first kappa shape index (κ1) is 35.1. The monoisotopic (exact) mass is 610 g/mol. The number of hydrogen-bond donors (Lipinski definition) is 0. The maximum Gasteiger partial charge on any atom is 0.437 e. The zero-order chi connectivity index (χ0) is 30.6. The highest BCUT2D eigenvalue weighted by Gasteiger charge is 2.96. The van der Waals surface area contributed by atoms with Crippen LogP contribution < -0.4 is 0 Å². The van der Waals surface area contributed by atoms with Crippen molar-refractivity contribution in [3.8, 4) is 0 Å². The molecule has 0 radical (unpaired) electrons. The number of alkyl halides is 22. The average Bonchev–Trinajstić information content (AvgIpc) is 2.68. The molecule has 0 amide bonds. The summed E-state index contributed by atoms with van der Waals surface area (Å²) in [6.45, 7) is 0. The molecule has 222 valence electrons. The lowest BCUT2D eigenvalue weighted by Crippen LogP contribution is -2.79. The molecule has 37 heavy (non-hydrogen) atoms. The largest absolute Gasteiger partial charge is 0.437 e. The predicted octanol–water partition coefficient (Wildman–Crippen LogP) is 8.13. The molecule has 23 heteroatoms. The van der Waals surface area contributed by atoms with Crippen LogP contribution in [0.15, 0.2) is 12.4 Å². The summed E-state index contributed by atoms with van der Waals surface area (Å²) in [4.78, 5) is 0. The Hall–Kier alpha value is -1.87. The Bertz CT molecular complexity index is 802. The molecule has 3 unspecified atom stereocenters. The van der Waals surface area contributed by atoms with Crippen molar-refractivity contribution in [1.29, 1.82) is 0 Å². The predicted molar refractivity (Wildman–Crippen MR) is 70.6 cm³/mol. The minimum Gasteiger partial charge on any atom is -0.234 e. The summed E-state index contributed by atoms with van der Waals surface area (Å²) in [5.74, 6) is -39.5. The summed E-state index contributed by atoms with van der Waals surface area (Å²) in [7, 11) is 0. The molecular formula is C14H5F23. The second-order valence-corrected chi connectivity index (χ2v) is 6.80. The molecule has 3 atom stereocenters. The molecule has 0 spiro atoms. The lowest BCUT2D eigenvalue weighted by Gasteiger charge is -2.46. The van der Waals surface area contributed by atoms with Gasteiger partial charge in [0.2, 0.25) is 12.3 Å². The van der Waals surface area contributed by atoms with Crippen LogP contribution in [0.5, 0.6) is 0 Å². The van der Waals surface area contributed by atoms with E-state index in [4.69, 9.17) is 0 Å². The van der Waals surface area contributed by atoms with E-state index in [-0.39, 0.29) is 0 Å². The fourth-order valence-electron chi connectivity index (χ4n) is 2.41. The second kappa shape index (κ2) is 9.40. The maximum atomic E-state index is 14.1. The van der Waals surface area contributed by atoms with E-state index < -0.39 is 84.5 Å². The summed E-state index contributed by atoms with van der Waals surface area (Å²) < 4.78 is 301. The van der Waals surface area contributed by atoms with E-state index in [2.05, 4.69) is 0 Å². The SMILES string of the molecule is FC=CC(F)(F)C(F)(F)C(F)C(F)(F)C(F)C(F)(F)C(F)(C(F)F)C(F)(F)C(F)(C(F)(F)F)C(F)(F)F. The molecule has 0 saturated carbocycles. The van der Waals surface area contributed by atoms with Crippen LogP contribution in [0.1, 0.15) is 0 Å². The molecule has 0 bridgehead atoms. The van der Waals surface area contributed by atoms with Crippen molar-refractivity contribution in [2.45, 2.75) is 72.1 Å². The molecule has 0 saturated heterocycles. The molecule has 0 rings (SSSR count). The van der Waals surface area contributed by atoms with Gasteiger partial charge in [0.05, 0.1) is 6.33 Å². The van der Waals surface area contributed by atoms with Crippen LogP contribution in [-0.4, -0.2) is 72.1 Å². The van der Waals surface area contributed by atoms with Crippen molar-refractivity contribution < 1.29 is 101 Å². The first-order valence-corrected chi connectivity index (χ1v) is 8.06. The van der Waals surface area contributed by atoms with Crippen molar-refractivity contribution in [3.05, 3.63) is 12.4 Å². The van der Waals surface area contributed by atoms with E-state index in [9.17, 15) is 101 Å². The van der Waals surface area contributed by atoms with Gasteiger partial charge in [-0.15, -0.1) is 0 Å². The molecule has 0 heterocycles. The number of rotatable bonds is 10. The van der Waals surface area contributed by atoms with Gasteiger partial charge in [-0.25, -0.2) is 30.7 Å². The first-order chi connectivity index (χ1) is 15.8. The van der Waals surface area contributed by atoms with Gasteiger partial charge in [0.25, 0.3) is 6.43 Å². The summed E-state index contributed by atoms with van der Waals surface area (Å²) in [6, 6.07) is 0. The summed E-state index contributed by atoms with van der Waals surface area (Å²) in [5, 5.41) is 0. The van der Waals surface area contributed by atoms with Crippen molar-refractivity contribution in [3.63, 3.8) is 0 Å². The van der Waals surface area contributed by atoms with E-state index in [1.54, 1.807) is 0 Å². The minimum atomic E-state index is -9.09. The highest BCUT2D eigenvalue weighted by Crippen LogP contribution is 2.64. The van der Waals surface area contributed by atoms with Gasteiger partial charge < -0.3 is 0 Å². The lowest BCUT2D eigenvalue weighted by molar-refractivity contribution is -0.442. The third-order valence-corrected chi connectivity index (χ3v) is 4.49. The van der Waals surface area contributed by atoms with Crippen LogP contribution in [0.4, 0.5) is 101 Å². The number of hydrogen-bond acceptors (Lipinski definition) is 0. The highest BCUT2D eigenvalue weighted by molar-refractivity contribution is 5.22. The Balaban J connectivity index is 7.29. The van der Waals surface area contributed by atoms with Gasteiger partial charge in [0, 0.05) is 6.08 Å². The third-order valence-electron chi connectivity index (χ3n) is 4.49. The van der Waals surface area contributed by atoms with Gasteiger partial charge in [0.1, 0.15) is 0 Å². The molecule has 0 nitrogen and oxygen atoms in total. The van der Waals surface area contributed by atoms with Gasteiger partial charge in [-0.05, 0) is 0 Å². The quantitative estimate of drug-likeness (QED) is 0.219. The minimum absolute atomic E-state index is 1.65. The van der Waals surface area contributed by atoms with E-state index in [1.165, 1.54) is 0 Å². The normalized spacial score (nSPS) is 19.4. The maximum absolute atomic E-state index is 14.1. The van der Waals surface area contributed by atoms with Crippen LogP contribution in [0.2, 0.25) is 0 Å². The topological polar surface area (TPSA) is 0 Å². The van der Waals surface area contributed by atoms with Gasteiger partial charge in [0.15, 0.2) is 0 Å². The van der Waals surface area contributed by atoms with E-state index in [0.717, 1.165) is 0 Å². The van der Waals surface area contributed by atoms with Gasteiger partial charge in [-0.1, -0.05) is 0 Å². The Morgan fingerprint density at radius 3 is 1.08 bits per heavy atom. The average molecular weight is 610 g/mol.